The minimum absolute atomic E-state index is 0.305. The van der Waals surface area contributed by atoms with Crippen LogP contribution in [-0.2, 0) is 14.3 Å². The highest BCUT2D eigenvalue weighted by Crippen LogP contribution is 2.32. The molecule has 1 aliphatic carbocycles. The van der Waals surface area contributed by atoms with Crippen LogP contribution in [0.15, 0.2) is 12.2 Å². The molecule has 0 amide bonds. The molecule has 0 saturated heterocycles. The standard InChI is InChI=1S/C11H14O3/c1-3-14-10-8-9(10)6-4-5-7-11(12)13-2/h5,7,9-10H,3,8H2,1-2H3/b7-5+/t9-,10-/m0/s1. The Morgan fingerprint density at radius 1 is 1.64 bits per heavy atom. The van der Waals surface area contributed by atoms with E-state index < -0.39 is 0 Å². The molecule has 0 aromatic rings. The molecule has 0 radical (unpaired) electrons. The molecule has 3 heteroatoms. The summed E-state index contributed by atoms with van der Waals surface area (Å²) in [6, 6.07) is 0. The summed E-state index contributed by atoms with van der Waals surface area (Å²) in [5, 5.41) is 0. The molecule has 0 unspecified atom stereocenters. The van der Waals surface area contributed by atoms with Crippen molar-refractivity contribution in [1.82, 2.24) is 0 Å². The predicted octanol–water partition coefficient (Wildman–Crippen LogP) is 1.14. The SMILES string of the molecule is CCO[C@H]1C[C@@H]1C#C/C=C/C(=O)OC. The maximum atomic E-state index is 10.6. The number of hydrogen-bond donors (Lipinski definition) is 0. The largest absolute Gasteiger partial charge is 0.466 e. The summed E-state index contributed by atoms with van der Waals surface area (Å²) in [7, 11) is 1.34. The first-order valence-corrected chi connectivity index (χ1v) is 4.65. The Hall–Kier alpha value is -1.27. The molecule has 1 saturated carbocycles. The third-order valence-corrected chi connectivity index (χ3v) is 1.89. The topological polar surface area (TPSA) is 35.5 Å². The van der Waals surface area contributed by atoms with Gasteiger partial charge >= 0.3 is 5.97 Å². The monoisotopic (exact) mass is 194 g/mol. The molecule has 2 atom stereocenters. The fourth-order valence-electron chi connectivity index (χ4n) is 1.05. The van der Waals surface area contributed by atoms with Crippen LogP contribution >= 0.6 is 0 Å². The number of carbonyl (C=O) groups is 1. The van der Waals surface area contributed by atoms with Gasteiger partial charge in [0.05, 0.1) is 13.2 Å². The van der Waals surface area contributed by atoms with Gasteiger partial charge in [0.2, 0.25) is 0 Å². The second-order valence-corrected chi connectivity index (χ2v) is 2.98. The highest BCUT2D eigenvalue weighted by molar-refractivity contribution is 5.82. The van der Waals surface area contributed by atoms with Crippen molar-refractivity contribution in [3.8, 4) is 11.8 Å². The smallest absolute Gasteiger partial charge is 0.331 e. The van der Waals surface area contributed by atoms with E-state index in [2.05, 4.69) is 16.6 Å². The third-order valence-electron chi connectivity index (χ3n) is 1.89. The molecule has 1 aliphatic rings. The predicted molar refractivity (Wildman–Crippen MR) is 52.5 cm³/mol. The Balaban J connectivity index is 2.22. The average molecular weight is 194 g/mol. The molecule has 0 aromatic carbocycles. The molecule has 0 aromatic heterocycles. The van der Waals surface area contributed by atoms with Gasteiger partial charge < -0.3 is 9.47 Å². The number of rotatable bonds is 3. The fraction of sp³-hybridized carbons (Fsp3) is 0.545. The van der Waals surface area contributed by atoms with Gasteiger partial charge in [-0.3, -0.25) is 0 Å². The lowest BCUT2D eigenvalue weighted by Gasteiger charge is -1.92. The van der Waals surface area contributed by atoms with E-state index >= 15 is 0 Å². The summed E-state index contributed by atoms with van der Waals surface area (Å²) in [5.74, 6) is 5.76. The van der Waals surface area contributed by atoms with Gasteiger partial charge in [0.15, 0.2) is 0 Å². The molecular formula is C11H14O3. The van der Waals surface area contributed by atoms with Gasteiger partial charge in [-0.05, 0) is 19.4 Å². The van der Waals surface area contributed by atoms with E-state index in [0.717, 1.165) is 13.0 Å². The molecule has 0 N–H and O–H groups in total. The lowest BCUT2D eigenvalue weighted by atomic mass is 10.4. The second-order valence-electron chi connectivity index (χ2n) is 2.98. The maximum absolute atomic E-state index is 10.6. The van der Waals surface area contributed by atoms with Crippen LogP contribution in [0, 0.1) is 17.8 Å². The zero-order valence-corrected chi connectivity index (χ0v) is 8.45. The van der Waals surface area contributed by atoms with E-state index in [-0.39, 0.29) is 5.97 Å². The molecule has 0 aliphatic heterocycles. The van der Waals surface area contributed by atoms with Gasteiger partial charge in [-0.2, -0.15) is 0 Å². The molecule has 0 heterocycles. The van der Waals surface area contributed by atoms with E-state index in [1.54, 1.807) is 0 Å². The van der Waals surface area contributed by atoms with Crippen molar-refractivity contribution in [2.45, 2.75) is 19.4 Å². The molecular weight excluding hydrogens is 180 g/mol. The van der Waals surface area contributed by atoms with E-state index in [4.69, 9.17) is 4.74 Å². The van der Waals surface area contributed by atoms with Gasteiger partial charge in [0, 0.05) is 18.6 Å². The van der Waals surface area contributed by atoms with Crippen LogP contribution in [-0.4, -0.2) is 25.8 Å². The first-order valence-electron chi connectivity index (χ1n) is 4.65. The molecule has 14 heavy (non-hydrogen) atoms. The summed E-state index contributed by atoms with van der Waals surface area (Å²) < 4.78 is 9.76. The number of methoxy groups -OCH3 is 1. The number of allylic oxidation sites excluding steroid dienone is 1. The van der Waals surface area contributed by atoms with Crippen molar-refractivity contribution < 1.29 is 14.3 Å². The lowest BCUT2D eigenvalue weighted by Crippen LogP contribution is -1.94. The quantitative estimate of drug-likeness (QED) is 0.384. The van der Waals surface area contributed by atoms with Crippen molar-refractivity contribution in [2.24, 2.45) is 5.92 Å². The minimum Gasteiger partial charge on any atom is -0.466 e. The molecule has 1 rings (SSSR count). The molecule has 3 nitrogen and oxygen atoms in total. The van der Waals surface area contributed by atoms with Gasteiger partial charge in [0.25, 0.3) is 0 Å². The van der Waals surface area contributed by atoms with Crippen LogP contribution in [0.4, 0.5) is 0 Å². The zero-order chi connectivity index (χ0) is 10.4. The van der Waals surface area contributed by atoms with Gasteiger partial charge in [0.1, 0.15) is 0 Å². The Labute approximate surface area is 84.1 Å². The van der Waals surface area contributed by atoms with Crippen molar-refractivity contribution >= 4 is 5.97 Å². The first kappa shape index (κ1) is 10.8. The molecule has 0 bridgehead atoms. The van der Waals surface area contributed by atoms with Crippen LogP contribution in [0.2, 0.25) is 0 Å². The summed E-state index contributed by atoms with van der Waals surface area (Å²) in [6.45, 7) is 2.71. The Bertz CT molecular complexity index is 283. The van der Waals surface area contributed by atoms with Crippen molar-refractivity contribution in [1.29, 1.82) is 0 Å². The number of carbonyl (C=O) groups excluding carboxylic acids is 1. The first-order chi connectivity index (χ1) is 6.77. The van der Waals surface area contributed by atoms with Gasteiger partial charge in [-0.1, -0.05) is 11.8 Å². The van der Waals surface area contributed by atoms with Crippen LogP contribution in [0.5, 0.6) is 0 Å². The normalized spacial score (nSPS) is 24.1. The number of ether oxygens (including phenoxy) is 2. The van der Waals surface area contributed by atoms with Gasteiger partial charge in [-0.15, -0.1) is 0 Å². The summed E-state index contributed by atoms with van der Waals surface area (Å²) >= 11 is 0. The molecule has 0 spiro atoms. The maximum Gasteiger partial charge on any atom is 0.331 e. The molecule has 76 valence electrons. The van der Waals surface area contributed by atoms with E-state index in [0.29, 0.717) is 12.0 Å². The van der Waals surface area contributed by atoms with Crippen molar-refractivity contribution in [3.05, 3.63) is 12.2 Å². The lowest BCUT2D eigenvalue weighted by molar-refractivity contribution is -0.134. The summed E-state index contributed by atoms with van der Waals surface area (Å²) in [5.41, 5.74) is 0. The summed E-state index contributed by atoms with van der Waals surface area (Å²) in [4.78, 5) is 10.6. The Morgan fingerprint density at radius 2 is 2.43 bits per heavy atom. The van der Waals surface area contributed by atoms with Crippen molar-refractivity contribution in [2.75, 3.05) is 13.7 Å². The third kappa shape index (κ3) is 3.63. The number of esters is 1. The highest BCUT2D eigenvalue weighted by atomic mass is 16.5. The van der Waals surface area contributed by atoms with Crippen LogP contribution < -0.4 is 0 Å². The Kier molecular flexibility index (Phi) is 4.21. The highest BCUT2D eigenvalue weighted by Gasteiger charge is 2.36. The second kappa shape index (κ2) is 5.46. The van der Waals surface area contributed by atoms with E-state index in [1.165, 1.54) is 19.3 Å². The summed E-state index contributed by atoms with van der Waals surface area (Å²) in [6.07, 6.45) is 4.13. The Morgan fingerprint density at radius 3 is 3.07 bits per heavy atom. The zero-order valence-electron chi connectivity index (χ0n) is 8.45. The van der Waals surface area contributed by atoms with Crippen LogP contribution in [0.25, 0.3) is 0 Å². The fourth-order valence-corrected chi connectivity index (χ4v) is 1.05. The minimum atomic E-state index is -0.378. The average Bonchev–Trinajstić information content (AvgIpc) is 2.92. The van der Waals surface area contributed by atoms with Crippen LogP contribution in [0.1, 0.15) is 13.3 Å². The van der Waals surface area contributed by atoms with Gasteiger partial charge in [-0.25, -0.2) is 4.79 Å². The van der Waals surface area contributed by atoms with E-state index in [1.807, 2.05) is 6.92 Å². The molecule has 1 fully saturated rings. The van der Waals surface area contributed by atoms with E-state index in [9.17, 15) is 4.79 Å². The van der Waals surface area contributed by atoms with Crippen molar-refractivity contribution in [3.63, 3.8) is 0 Å². The number of hydrogen-bond acceptors (Lipinski definition) is 3. The van der Waals surface area contributed by atoms with Crippen LogP contribution in [0.3, 0.4) is 0 Å².